The van der Waals surface area contributed by atoms with E-state index in [1.54, 1.807) is 18.6 Å². The van der Waals surface area contributed by atoms with Crippen molar-refractivity contribution in [2.45, 2.75) is 26.2 Å². The predicted molar refractivity (Wildman–Crippen MR) is 95.4 cm³/mol. The Morgan fingerprint density at radius 3 is 2.44 bits per heavy atom. The maximum Gasteiger partial charge on any atom is 0.255 e. The van der Waals surface area contributed by atoms with Gasteiger partial charge in [-0.3, -0.25) is 9.78 Å². The SMILES string of the molecule is Cc1ccc(C(=O)N2CCC3(CCN(c4ncccn4)CC3)C2)cn1. The van der Waals surface area contributed by atoms with Crippen LogP contribution in [0.15, 0.2) is 36.8 Å². The third-order valence-corrected chi connectivity index (χ3v) is 5.54. The van der Waals surface area contributed by atoms with Crippen LogP contribution in [0.2, 0.25) is 0 Å². The molecule has 0 atom stereocenters. The highest BCUT2D eigenvalue weighted by Crippen LogP contribution is 2.41. The largest absolute Gasteiger partial charge is 0.341 e. The molecule has 2 aliphatic heterocycles. The normalized spacial score (nSPS) is 19.4. The van der Waals surface area contributed by atoms with E-state index in [4.69, 9.17) is 0 Å². The Balaban J connectivity index is 1.39. The van der Waals surface area contributed by atoms with Crippen molar-refractivity contribution >= 4 is 11.9 Å². The van der Waals surface area contributed by atoms with Gasteiger partial charge < -0.3 is 9.80 Å². The molecular formula is C19H23N5O. The third-order valence-electron chi connectivity index (χ3n) is 5.54. The van der Waals surface area contributed by atoms with Crippen molar-refractivity contribution in [3.05, 3.63) is 48.0 Å². The van der Waals surface area contributed by atoms with Gasteiger partial charge in [0.15, 0.2) is 0 Å². The molecule has 130 valence electrons. The van der Waals surface area contributed by atoms with Crippen molar-refractivity contribution in [1.29, 1.82) is 0 Å². The molecule has 0 bridgehead atoms. The Labute approximate surface area is 147 Å². The van der Waals surface area contributed by atoms with Crippen molar-refractivity contribution in [2.75, 3.05) is 31.1 Å². The van der Waals surface area contributed by atoms with Crippen molar-refractivity contribution < 1.29 is 4.79 Å². The molecule has 2 aromatic heterocycles. The van der Waals surface area contributed by atoms with Crippen LogP contribution in [0.1, 0.15) is 35.3 Å². The minimum atomic E-state index is 0.109. The van der Waals surface area contributed by atoms with Crippen LogP contribution in [0.4, 0.5) is 5.95 Å². The van der Waals surface area contributed by atoms with Crippen LogP contribution < -0.4 is 4.90 Å². The molecule has 0 unspecified atom stereocenters. The van der Waals surface area contributed by atoms with Crippen LogP contribution in [-0.4, -0.2) is 51.9 Å². The fraction of sp³-hybridized carbons (Fsp3) is 0.474. The molecule has 4 heterocycles. The first-order valence-corrected chi connectivity index (χ1v) is 8.89. The molecule has 1 spiro atoms. The first-order chi connectivity index (χ1) is 12.2. The number of aromatic nitrogens is 3. The molecule has 6 heteroatoms. The third kappa shape index (κ3) is 3.21. The van der Waals surface area contributed by atoms with Gasteiger partial charge in [-0.1, -0.05) is 0 Å². The quantitative estimate of drug-likeness (QED) is 0.841. The Morgan fingerprint density at radius 2 is 1.76 bits per heavy atom. The number of carbonyl (C=O) groups excluding carboxylic acids is 1. The Bertz CT molecular complexity index is 738. The summed E-state index contributed by atoms with van der Waals surface area (Å²) in [5.74, 6) is 0.923. The maximum absolute atomic E-state index is 12.7. The molecule has 0 saturated carbocycles. The van der Waals surface area contributed by atoms with Crippen molar-refractivity contribution in [2.24, 2.45) is 5.41 Å². The number of carbonyl (C=O) groups is 1. The van der Waals surface area contributed by atoms with Crippen molar-refractivity contribution in [3.63, 3.8) is 0 Å². The lowest BCUT2D eigenvalue weighted by Gasteiger charge is -2.39. The zero-order chi connectivity index (χ0) is 17.3. The fourth-order valence-corrected chi connectivity index (χ4v) is 3.93. The highest BCUT2D eigenvalue weighted by Gasteiger charge is 2.42. The number of piperidine rings is 1. The summed E-state index contributed by atoms with van der Waals surface area (Å²) in [4.78, 5) is 29.9. The molecule has 2 fully saturated rings. The summed E-state index contributed by atoms with van der Waals surface area (Å²) < 4.78 is 0. The van der Waals surface area contributed by atoms with E-state index < -0.39 is 0 Å². The van der Waals surface area contributed by atoms with E-state index in [1.165, 1.54) is 0 Å². The lowest BCUT2D eigenvalue weighted by atomic mass is 9.78. The summed E-state index contributed by atoms with van der Waals surface area (Å²) in [5, 5.41) is 0. The minimum Gasteiger partial charge on any atom is -0.341 e. The second-order valence-corrected chi connectivity index (χ2v) is 7.20. The van der Waals surface area contributed by atoms with Gasteiger partial charge in [-0.25, -0.2) is 9.97 Å². The van der Waals surface area contributed by atoms with Gasteiger partial charge in [0.25, 0.3) is 5.91 Å². The molecule has 0 N–H and O–H groups in total. The van der Waals surface area contributed by atoms with Gasteiger partial charge >= 0.3 is 0 Å². The van der Waals surface area contributed by atoms with E-state index in [9.17, 15) is 4.79 Å². The zero-order valence-corrected chi connectivity index (χ0v) is 14.6. The number of rotatable bonds is 2. The van der Waals surface area contributed by atoms with Crippen LogP contribution in [0, 0.1) is 12.3 Å². The molecule has 4 rings (SSSR count). The summed E-state index contributed by atoms with van der Waals surface area (Å²) in [6, 6.07) is 5.62. The van der Waals surface area contributed by atoms with Crippen LogP contribution in [0.5, 0.6) is 0 Å². The summed E-state index contributed by atoms with van der Waals surface area (Å²) in [6.45, 7) is 5.54. The molecule has 0 radical (unpaired) electrons. The molecule has 0 aromatic carbocycles. The Hall–Kier alpha value is -2.50. The Morgan fingerprint density at radius 1 is 1.04 bits per heavy atom. The summed E-state index contributed by atoms with van der Waals surface area (Å²) in [5.41, 5.74) is 1.88. The van der Waals surface area contributed by atoms with E-state index in [0.717, 1.165) is 57.1 Å². The molecular weight excluding hydrogens is 314 g/mol. The van der Waals surface area contributed by atoms with Gasteiger partial charge in [0.2, 0.25) is 5.95 Å². The summed E-state index contributed by atoms with van der Waals surface area (Å²) >= 11 is 0. The molecule has 25 heavy (non-hydrogen) atoms. The second kappa shape index (κ2) is 6.43. The lowest BCUT2D eigenvalue weighted by Crippen LogP contribution is -2.42. The number of amides is 1. The van der Waals surface area contributed by atoms with Gasteiger partial charge in [0.05, 0.1) is 5.56 Å². The molecule has 2 saturated heterocycles. The number of hydrogen-bond donors (Lipinski definition) is 0. The van der Waals surface area contributed by atoms with Crippen LogP contribution >= 0.6 is 0 Å². The smallest absolute Gasteiger partial charge is 0.255 e. The average molecular weight is 337 g/mol. The van der Waals surface area contributed by atoms with E-state index in [-0.39, 0.29) is 11.3 Å². The van der Waals surface area contributed by atoms with Gasteiger partial charge in [-0.2, -0.15) is 0 Å². The highest BCUT2D eigenvalue weighted by atomic mass is 16.2. The van der Waals surface area contributed by atoms with E-state index in [0.29, 0.717) is 5.56 Å². The Kier molecular flexibility index (Phi) is 4.11. The number of pyridine rings is 1. The summed E-state index contributed by atoms with van der Waals surface area (Å²) in [6.07, 6.45) is 8.53. The molecule has 1 amide bonds. The number of aryl methyl sites for hydroxylation is 1. The van der Waals surface area contributed by atoms with Crippen LogP contribution in [-0.2, 0) is 0 Å². The monoisotopic (exact) mass is 337 g/mol. The second-order valence-electron chi connectivity index (χ2n) is 7.20. The van der Waals surface area contributed by atoms with E-state index >= 15 is 0 Å². The average Bonchev–Trinajstić information content (AvgIpc) is 3.07. The molecule has 2 aromatic rings. The van der Waals surface area contributed by atoms with E-state index in [1.807, 2.05) is 30.0 Å². The van der Waals surface area contributed by atoms with Gasteiger partial charge in [0.1, 0.15) is 0 Å². The molecule has 0 aliphatic carbocycles. The van der Waals surface area contributed by atoms with Crippen molar-refractivity contribution in [3.8, 4) is 0 Å². The maximum atomic E-state index is 12.7. The van der Waals surface area contributed by atoms with E-state index in [2.05, 4.69) is 19.9 Å². The van der Waals surface area contributed by atoms with Crippen LogP contribution in [0.25, 0.3) is 0 Å². The number of nitrogens with zero attached hydrogens (tertiary/aromatic N) is 5. The summed E-state index contributed by atoms with van der Waals surface area (Å²) in [7, 11) is 0. The topological polar surface area (TPSA) is 62.2 Å². The fourth-order valence-electron chi connectivity index (χ4n) is 3.93. The van der Waals surface area contributed by atoms with Crippen molar-refractivity contribution in [1.82, 2.24) is 19.9 Å². The number of hydrogen-bond acceptors (Lipinski definition) is 5. The molecule has 2 aliphatic rings. The van der Waals surface area contributed by atoms with Crippen LogP contribution in [0.3, 0.4) is 0 Å². The van der Waals surface area contributed by atoms with Gasteiger partial charge in [-0.05, 0) is 49.8 Å². The number of anilines is 1. The predicted octanol–water partition coefficient (Wildman–Crippen LogP) is 2.31. The molecule has 6 nitrogen and oxygen atoms in total. The highest BCUT2D eigenvalue weighted by molar-refractivity contribution is 5.94. The first-order valence-electron chi connectivity index (χ1n) is 8.89. The first kappa shape index (κ1) is 16.0. The zero-order valence-electron chi connectivity index (χ0n) is 14.6. The minimum absolute atomic E-state index is 0.109. The van der Waals surface area contributed by atoms with Gasteiger partial charge in [0, 0.05) is 50.5 Å². The van der Waals surface area contributed by atoms with Gasteiger partial charge in [-0.15, -0.1) is 0 Å². The number of likely N-dealkylation sites (tertiary alicyclic amines) is 1. The lowest BCUT2D eigenvalue weighted by molar-refractivity contribution is 0.0764. The standard InChI is InChI=1S/C19H23N5O/c1-15-3-4-16(13-22-15)17(25)24-12-7-19(14-24)5-10-23(11-6-19)18-20-8-2-9-21-18/h2-4,8-9,13H,5-7,10-12,14H2,1H3.